The van der Waals surface area contributed by atoms with E-state index < -0.39 is 0 Å². The minimum absolute atomic E-state index is 0.00848. The number of hydrogen-bond donors (Lipinski definition) is 1. The molecule has 26 heavy (non-hydrogen) atoms. The number of carbonyl (C=O) groups is 1. The van der Waals surface area contributed by atoms with Crippen molar-refractivity contribution in [1.29, 1.82) is 0 Å². The molecule has 2 aromatic carbocycles. The molecule has 3 aromatic rings. The monoisotopic (exact) mass is 366 g/mol. The topological polar surface area (TPSA) is 60.5 Å². The van der Waals surface area contributed by atoms with Crippen molar-refractivity contribution in [2.75, 3.05) is 12.5 Å². The van der Waals surface area contributed by atoms with Crippen molar-refractivity contribution < 1.29 is 14.3 Å². The molecule has 1 aliphatic heterocycles. The van der Waals surface area contributed by atoms with Crippen LogP contribution in [0.4, 0.5) is 0 Å². The number of pyridine rings is 1. The molecule has 1 aromatic heterocycles. The first-order chi connectivity index (χ1) is 12.7. The smallest absolute Gasteiger partial charge is 0.231 e. The van der Waals surface area contributed by atoms with Gasteiger partial charge in [-0.2, -0.15) is 0 Å². The van der Waals surface area contributed by atoms with E-state index >= 15 is 0 Å². The van der Waals surface area contributed by atoms with Gasteiger partial charge in [0.15, 0.2) is 11.5 Å². The molecule has 0 radical (unpaired) electrons. The SMILES string of the molecule is Cc1cc2cc3c(cc2nc1SCC(=O)NCc1ccccc1)OCO3. The fourth-order valence-electron chi connectivity index (χ4n) is 2.78. The molecule has 0 bridgehead atoms. The van der Waals surface area contributed by atoms with Crippen molar-refractivity contribution in [2.45, 2.75) is 18.5 Å². The lowest BCUT2D eigenvalue weighted by atomic mass is 10.1. The Hall–Kier alpha value is -2.73. The van der Waals surface area contributed by atoms with Crippen LogP contribution in [0.25, 0.3) is 10.9 Å². The second-order valence-corrected chi connectivity index (χ2v) is 7.02. The van der Waals surface area contributed by atoms with Crippen molar-refractivity contribution in [3.8, 4) is 11.5 Å². The molecule has 0 spiro atoms. The van der Waals surface area contributed by atoms with Gasteiger partial charge >= 0.3 is 0 Å². The first kappa shape index (κ1) is 16.7. The van der Waals surface area contributed by atoms with E-state index in [4.69, 9.17) is 9.47 Å². The summed E-state index contributed by atoms with van der Waals surface area (Å²) < 4.78 is 10.8. The molecule has 4 rings (SSSR count). The van der Waals surface area contributed by atoms with Gasteiger partial charge in [-0.05, 0) is 30.2 Å². The number of carbonyl (C=O) groups excluding carboxylic acids is 1. The minimum atomic E-state index is -0.00848. The lowest BCUT2D eigenvalue weighted by molar-refractivity contribution is -0.118. The van der Waals surface area contributed by atoms with Crippen LogP contribution in [0.1, 0.15) is 11.1 Å². The zero-order chi connectivity index (χ0) is 17.9. The maximum atomic E-state index is 12.1. The normalized spacial score (nSPS) is 12.3. The van der Waals surface area contributed by atoms with Gasteiger partial charge in [-0.15, -0.1) is 0 Å². The van der Waals surface area contributed by atoms with Gasteiger partial charge in [-0.3, -0.25) is 4.79 Å². The molecule has 2 heterocycles. The van der Waals surface area contributed by atoms with Gasteiger partial charge in [0.05, 0.1) is 11.3 Å². The Morgan fingerprint density at radius 2 is 1.92 bits per heavy atom. The highest BCUT2D eigenvalue weighted by Crippen LogP contribution is 2.36. The standard InChI is InChI=1S/C20H18N2O3S/c1-13-7-15-8-17-18(25-12-24-17)9-16(15)22-20(13)26-11-19(23)21-10-14-5-3-2-4-6-14/h2-9H,10-12H2,1H3,(H,21,23). The van der Waals surface area contributed by atoms with Crippen LogP contribution in [0.2, 0.25) is 0 Å². The van der Waals surface area contributed by atoms with E-state index in [1.807, 2.05) is 49.4 Å². The molecular formula is C20H18N2O3S. The van der Waals surface area contributed by atoms with Gasteiger partial charge in [0.25, 0.3) is 0 Å². The summed E-state index contributed by atoms with van der Waals surface area (Å²) in [4.78, 5) is 16.8. The lowest BCUT2D eigenvalue weighted by Crippen LogP contribution is -2.24. The van der Waals surface area contributed by atoms with Gasteiger partial charge < -0.3 is 14.8 Å². The molecule has 1 amide bonds. The predicted octanol–water partition coefficient (Wildman–Crippen LogP) is 3.68. The quantitative estimate of drug-likeness (QED) is 0.698. The lowest BCUT2D eigenvalue weighted by Gasteiger charge is -2.09. The van der Waals surface area contributed by atoms with E-state index in [2.05, 4.69) is 16.4 Å². The maximum Gasteiger partial charge on any atom is 0.231 e. The Balaban J connectivity index is 1.42. The van der Waals surface area contributed by atoms with Crippen molar-refractivity contribution in [3.05, 3.63) is 59.7 Å². The van der Waals surface area contributed by atoms with Crippen LogP contribution in [0.3, 0.4) is 0 Å². The van der Waals surface area contributed by atoms with Crippen molar-refractivity contribution >= 4 is 28.6 Å². The van der Waals surface area contributed by atoms with Gasteiger partial charge in [-0.25, -0.2) is 4.98 Å². The van der Waals surface area contributed by atoms with E-state index in [1.165, 1.54) is 11.8 Å². The average Bonchev–Trinajstić information content (AvgIpc) is 3.11. The van der Waals surface area contributed by atoms with Crippen molar-refractivity contribution in [3.63, 3.8) is 0 Å². The summed E-state index contributed by atoms with van der Waals surface area (Å²) >= 11 is 1.44. The molecule has 0 saturated heterocycles. The number of thioether (sulfide) groups is 1. The Morgan fingerprint density at radius 3 is 2.73 bits per heavy atom. The Kier molecular flexibility index (Phi) is 4.67. The average molecular weight is 366 g/mol. The first-order valence-electron chi connectivity index (χ1n) is 8.33. The van der Waals surface area contributed by atoms with Gasteiger partial charge in [0.2, 0.25) is 12.7 Å². The van der Waals surface area contributed by atoms with Crippen molar-refractivity contribution in [1.82, 2.24) is 10.3 Å². The van der Waals surface area contributed by atoms with Crippen LogP contribution in [0, 0.1) is 6.92 Å². The van der Waals surface area contributed by atoms with E-state index in [9.17, 15) is 4.79 Å². The number of aromatic nitrogens is 1. The predicted molar refractivity (Wildman–Crippen MR) is 102 cm³/mol. The Morgan fingerprint density at radius 1 is 1.15 bits per heavy atom. The Labute approximate surface area is 155 Å². The number of amides is 1. The highest BCUT2D eigenvalue weighted by Gasteiger charge is 2.16. The second kappa shape index (κ2) is 7.25. The van der Waals surface area contributed by atoms with Crippen LogP contribution in [0.5, 0.6) is 11.5 Å². The number of nitrogens with zero attached hydrogens (tertiary/aromatic N) is 1. The molecule has 0 atom stereocenters. The fourth-order valence-corrected chi connectivity index (χ4v) is 3.60. The van der Waals surface area contributed by atoms with Crippen molar-refractivity contribution in [2.24, 2.45) is 0 Å². The minimum Gasteiger partial charge on any atom is -0.454 e. The summed E-state index contributed by atoms with van der Waals surface area (Å²) in [7, 11) is 0. The molecule has 1 aliphatic rings. The zero-order valence-electron chi connectivity index (χ0n) is 14.3. The zero-order valence-corrected chi connectivity index (χ0v) is 15.1. The number of nitrogens with one attached hydrogen (secondary N) is 1. The van der Waals surface area contributed by atoms with Crippen LogP contribution < -0.4 is 14.8 Å². The summed E-state index contributed by atoms with van der Waals surface area (Å²) in [5.41, 5.74) is 2.96. The molecule has 6 heteroatoms. The molecule has 132 valence electrons. The molecule has 0 aliphatic carbocycles. The third-order valence-corrected chi connectivity index (χ3v) is 5.22. The molecule has 0 unspecified atom stereocenters. The molecule has 1 N–H and O–H groups in total. The van der Waals surface area contributed by atoms with E-state index in [-0.39, 0.29) is 12.7 Å². The number of aryl methyl sites for hydroxylation is 1. The first-order valence-corrected chi connectivity index (χ1v) is 9.32. The third kappa shape index (κ3) is 3.60. The largest absolute Gasteiger partial charge is 0.454 e. The highest BCUT2D eigenvalue weighted by atomic mass is 32.2. The molecule has 0 fully saturated rings. The summed E-state index contributed by atoms with van der Waals surface area (Å²) in [6, 6.07) is 15.8. The molecule has 0 saturated carbocycles. The van der Waals surface area contributed by atoms with Crippen LogP contribution in [-0.4, -0.2) is 23.4 Å². The summed E-state index contributed by atoms with van der Waals surface area (Å²) in [5, 5.41) is 4.79. The van der Waals surface area contributed by atoms with Crippen LogP contribution in [0.15, 0.2) is 53.6 Å². The second-order valence-electron chi connectivity index (χ2n) is 6.06. The number of fused-ring (bicyclic) bond motifs is 2. The maximum absolute atomic E-state index is 12.1. The van der Waals surface area contributed by atoms with E-state index in [1.54, 1.807) is 0 Å². The van der Waals surface area contributed by atoms with Gasteiger partial charge in [-0.1, -0.05) is 42.1 Å². The molecular weight excluding hydrogens is 348 g/mol. The van der Waals surface area contributed by atoms with E-state index in [0.29, 0.717) is 18.0 Å². The number of benzene rings is 2. The summed E-state index contributed by atoms with van der Waals surface area (Å²) in [6.07, 6.45) is 0. The number of rotatable bonds is 5. The third-order valence-electron chi connectivity index (χ3n) is 4.13. The summed E-state index contributed by atoms with van der Waals surface area (Å²) in [6.45, 7) is 2.78. The number of hydrogen-bond acceptors (Lipinski definition) is 5. The van der Waals surface area contributed by atoms with Gasteiger partial charge in [0, 0.05) is 18.0 Å². The van der Waals surface area contributed by atoms with Crippen LogP contribution in [-0.2, 0) is 11.3 Å². The van der Waals surface area contributed by atoms with E-state index in [0.717, 1.165) is 32.8 Å². The molecule has 5 nitrogen and oxygen atoms in total. The number of ether oxygens (including phenoxy) is 2. The van der Waals surface area contributed by atoms with Crippen LogP contribution >= 0.6 is 11.8 Å². The highest BCUT2D eigenvalue weighted by molar-refractivity contribution is 7.99. The fraction of sp³-hybridized carbons (Fsp3) is 0.200. The summed E-state index contributed by atoms with van der Waals surface area (Å²) in [5.74, 6) is 1.78. The Bertz CT molecular complexity index is 960. The van der Waals surface area contributed by atoms with Gasteiger partial charge in [0.1, 0.15) is 5.03 Å².